The van der Waals surface area contributed by atoms with Crippen molar-refractivity contribution >= 4 is 6.41 Å². The van der Waals surface area contributed by atoms with Crippen LogP contribution in [0.2, 0.25) is 0 Å². The average Bonchev–Trinajstić information content (AvgIpc) is 1.76. The first kappa shape index (κ1) is 7.54. The number of amides is 1. The summed E-state index contributed by atoms with van der Waals surface area (Å²) in [5.74, 6) is 0. The molecule has 0 bridgehead atoms. The monoisotopic (exact) mass is 143 g/mol. The van der Waals surface area contributed by atoms with Gasteiger partial charge in [0.1, 0.15) is 0 Å². The molecule has 1 rings (SSSR count). The van der Waals surface area contributed by atoms with Crippen molar-refractivity contribution in [1.29, 1.82) is 0 Å². The summed E-state index contributed by atoms with van der Waals surface area (Å²) in [7, 11) is 0. The molecular weight excluding hydrogens is 130 g/mol. The molecule has 0 saturated carbocycles. The Labute approximate surface area is 61.0 Å². The molecule has 0 aliphatic carbocycles. The van der Waals surface area contributed by atoms with Gasteiger partial charge in [-0.3, -0.25) is 4.79 Å². The van der Waals surface area contributed by atoms with Gasteiger partial charge >= 0.3 is 0 Å². The molecule has 0 aromatic rings. The Morgan fingerprint density at radius 1 is 1.60 bits per heavy atom. The van der Waals surface area contributed by atoms with E-state index in [1.807, 2.05) is 13.8 Å². The Morgan fingerprint density at radius 2 is 2.20 bits per heavy atom. The fourth-order valence-electron chi connectivity index (χ4n) is 1.03. The van der Waals surface area contributed by atoms with Gasteiger partial charge in [0.25, 0.3) is 0 Å². The van der Waals surface area contributed by atoms with Crippen LogP contribution in [0.15, 0.2) is 0 Å². The first-order valence-electron chi connectivity index (χ1n) is 3.57. The minimum atomic E-state index is 0.277. The molecule has 1 fully saturated rings. The molecule has 58 valence electrons. The summed E-state index contributed by atoms with van der Waals surface area (Å²) in [5.41, 5.74) is 0. The van der Waals surface area contributed by atoms with Crippen molar-refractivity contribution in [2.45, 2.75) is 26.1 Å². The van der Waals surface area contributed by atoms with Crippen molar-refractivity contribution < 1.29 is 9.53 Å². The highest BCUT2D eigenvalue weighted by Crippen LogP contribution is 2.10. The van der Waals surface area contributed by atoms with Gasteiger partial charge in [0.05, 0.1) is 12.2 Å². The number of likely N-dealkylation sites (tertiary alicyclic amines) is 1. The summed E-state index contributed by atoms with van der Waals surface area (Å²) in [6, 6.07) is 0. The van der Waals surface area contributed by atoms with E-state index >= 15 is 0 Å². The zero-order valence-corrected chi connectivity index (χ0v) is 6.41. The van der Waals surface area contributed by atoms with E-state index in [-0.39, 0.29) is 12.2 Å². The quantitative estimate of drug-likeness (QED) is 0.530. The number of hydrogen-bond acceptors (Lipinski definition) is 2. The Balaban J connectivity index is 2.08. The molecule has 3 nitrogen and oxygen atoms in total. The van der Waals surface area contributed by atoms with Crippen molar-refractivity contribution in [2.24, 2.45) is 0 Å². The van der Waals surface area contributed by atoms with E-state index in [2.05, 4.69) is 0 Å². The molecule has 0 radical (unpaired) electrons. The zero-order valence-electron chi connectivity index (χ0n) is 6.41. The van der Waals surface area contributed by atoms with Gasteiger partial charge in [0, 0.05) is 13.1 Å². The topological polar surface area (TPSA) is 29.5 Å². The van der Waals surface area contributed by atoms with Crippen LogP contribution < -0.4 is 0 Å². The molecule has 10 heavy (non-hydrogen) atoms. The molecule has 0 unspecified atom stereocenters. The maximum atomic E-state index is 10.1. The van der Waals surface area contributed by atoms with Gasteiger partial charge in [-0.2, -0.15) is 0 Å². The number of carbonyl (C=O) groups excluding carboxylic acids is 1. The van der Waals surface area contributed by atoms with Crippen molar-refractivity contribution in [1.82, 2.24) is 4.90 Å². The highest BCUT2D eigenvalue weighted by atomic mass is 16.5. The number of carbonyl (C=O) groups is 1. The van der Waals surface area contributed by atoms with Gasteiger partial charge in [0.15, 0.2) is 0 Å². The van der Waals surface area contributed by atoms with Crippen LogP contribution in [0, 0.1) is 0 Å². The van der Waals surface area contributed by atoms with Crippen LogP contribution in [-0.2, 0) is 9.53 Å². The third-order valence-corrected chi connectivity index (χ3v) is 1.49. The Morgan fingerprint density at radius 3 is 2.60 bits per heavy atom. The number of ether oxygens (including phenoxy) is 1. The maximum absolute atomic E-state index is 10.1. The molecule has 0 atom stereocenters. The van der Waals surface area contributed by atoms with Crippen LogP contribution >= 0.6 is 0 Å². The second-order valence-corrected chi connectivity index (χ2v) is 2.87. The number of rotatable bonds is 3. The first-order chi connectivity index (χ1) is 4.72. The van der Waals surface area contributed by atoms with Gasteiger partial charge in [-0.05, 0) is 13.8 Å². The maximum Gasteiger partial charge on any atom is 0.209 e. The standard InChI is InChI=1S/C7H13NO2/c1-6(2)10-7-3-8(4-7)5-9/h5-7H,3-4H2,1-2H3. The smallest absolute Gasteiger partial charge is 0.209 e. The van der Waals surface area contributed by atoms with Crippen LogP contribution in [0.25, 0.3) is 0 Å². The predicted octanol–water partition coefficient (Wildman–Crippen LogP) is 0.252. The highest BCUT2D eigenvalue weighted by molar-refractivity contribution is 5.48. The summed E-state index contributed by atoms with van der Waals surface area (Å²) < 4.78 is 5.42. The van der Waals surface area contributed by atoms with Crippen molar-refractivity contribution in [3.8, 4) is 0 Å². The minimum Gasteiger partial charge on any atom is -0.372 e. The van der Waals surface area contributed by atoms with E-state index in [4.69, 9.17) is 4.74 Å². The molecule has 1 saturated heterocycles. The second kappa shape index (κ2) is 3.01. The van der Waals surface area contributed by atoms with Crippen molar-refractivity contribution in [2.75, 3.05) is 13.1 Å². The predicted molar refractivity (Wildman–Crippen MR) is 37.6 cm³/mol. The summed E-state index contributed by atoms with van der Waals surface area (Å²) >= 11 is 0. The van der Waals surface area contributed by atoms with E-state index in [0.717, 1.165) is 19.5 Å². The normalized spacial score (nSPS) is 19.3. The van der Waals surface area contributed by atoms with E-state index in [0.29, 0.717) is 0 Å². The lowest BCUT2D eigenvalue weighted by molar-refractivity contribution is -0.134. The molecule has 1 heterocycles. The van der Waals surface area contributed by atoms with Gasteiger partial charge < -0.3 is 9.64 Å². The first-order valence-corrected chi connectivity index (χ1v) is 3.57. The summed E-state index contributed by atoms with van der Waals surface area (Å²) in [4.78, 5) is 11.8. The Hall–Kier alpha value is -0.570. The molecular formula is C7H13NO2. The Bertz CT molecular complexity index is 119. The molecule has 0 aromatic heterocycles. The van der Waals surface area contributed by atoms with Crippen molar-refractivity contribution in [3.63, 3.8) is 0 Å². The minimum absolute atomic E-state index is 0.277. The fraction of sp³-hybridized carbons (Fsp3) is 0.857. The zero-order chi connectivity index (χ0) is 7.56. The molecule has 0 N–H and O–H groups in total. The van der Waals surface area contributed by atoms with E-state index < -0.39 is 0 Å². The summed E-state index contributed by atoms with van der Waals surface area (Å²) in [6.07, 6.45) is 1.42. The third-order valence-electron chi connectivity index (χ3n) is 1.49. The summed E-state index contributed by atoms with van der Waals surface area (Å²) in [5, 5.41) is 0. The van der Waals surface area contributed by atoms with Crippen molar-refractivity contribution in [3.05, 3.63) is 0 Å². The molecule has 1 aliphatic rings. The lowest BCUT2D eigenvalue weighted by Crippen LogP contribution is -2.51. The van der Waals surface area contributed by atoms with E-state index in [9.17, 15) is 4.79 Å². The van der Waals surface area contributed by atoms with Crippen LogP contribution in [0.3, 0.4) is 0 Å². The van der Waals surface area contributed by atoms with Crippen LogP contribution in [0.1, 0.15) is 13.8 Å². The largest absolute Gasteiger partial charge is 0.372 e. The summed E-state index contributed by atoms with van der Waals surface area (Å²) in [6.45, 7) is 5.54. The molecule has 1 amide bonds. The highest BCUT2D eigenvalue weighted by Gasteiger charge is 2.26. The van der Waals surface area contributed by atoms with Crippen LogP contribution in [0.4, 0.5) is 0 Å². The molecule has 0 spiro atoms. The van der Waals surface area contributed by atoms with Gasteiger partial charge in [-0.25, -0.2) is 0 Å². The number of nitrogens with zero attached hydrogens (tertiary/aromatic N) is 1. The lowest BCUT2D eigenvalue weighted by Gasteiger charge is -2.36. The fourth-order valence-corrected chi connectivity index (χ4v) is 1.03. The SMILES string of the molecule is CC(C)OC1CN(C=O)C1. The second-order valence-electron chi connectivity index (χ2n) is 2.87. The van der Waals surface area contributed by atoms with Crippen LogP contribution in [-0.4, -0.2) is 36.6 Å². The van der Waals surface area contributed by atoms with Gasteiger partial charge in [-0.15, -0.1) is 0 Å². The Kier molecular flexibility index (Phi) is 2.27. The molecule has 1 aliphatic heterocycles. The third kappa shape index (κ3) is 1.70. The van der Waals surface area contributed by atoms with Crippen LogP contribution in [0.5, 0.6) is 0 Å². The molecule has 3 heteroatoms. The molecule has 0 aromatic carbocycles. The van der Waals surface area contributed by atoms with E-state index in [1.54, 1.807) is 4.90 Å². The average molecular weight is 143 g/mol. The van der Waals surface area contributed by atoms with Gasteiger partial charge in [0.2, 0.25) is 6.41 Å². The van der Waals surface area contributed by atoms with Gasteiger partial charge in [-0.1, -0.05) is 0 Å². The number of hydrogen-bond donors (Lipinski definition) is 0. The van der Waals surface area contributed by atoms with E-state index in [1.165, 1.54) is 0 Å². The lowest BCUT2D eigenvalue weighted by atomic mass is 10.2.